The van der Waals surface area contributed by atoms with Crippen LogP contribution in [-0.2, 0) is 9.53 Å². The third kappa shape index (κ3) is 3.60. The van der Waals surface area contributed by atoms with Gasteiger partial charge in [0.1, 0.15) is 5.54 Å². The van der Waals surface area contributed by atoms with Gasteiger partial charge >= 0.3 is 12.0 Å². The lowest BCUT2D eigenvalue weighted by Crippen LogP contribution is -2.55. The van der Waals surface area contributed by atoms with Gasteiger partial charge in [0.2, 0.25) is 0 Å². The zero-order chi connectivity index (χ0) is 13.8. The number of carbonyl (C=O) groups is 2. The average molecular weight is 258 g/mol. The molecule has 0 saturated carbocycles. The summed E-state index contributed by atoms with van der Waals surface area (Å²) in [5.74, 6) is -1.03. The highest BCUT2D eigenvalue weighted by molar-refractivity contribution is 5.85. The second-order valence-corrected chi connectivity index (χ2v) is 5.10. The summed E-state index contributed by atoms with van der Waals surface area (Å²) in [7, 11) is 1.48. The highest BCUT2D eigenvalue weighted by atomic mass is 16.5. The Kier molecular flexibility index (Phi) is 4.95. The quantitative estimate of drug-likeness (QED) is 0.790. The van der Waals surface area contributed by atoms with E-state index in [4.69, 9.17) is 9.84 Å². The molecule has 1 fully saturated rings. The summed E-state index contributed by atoms with van der Waals surface area (Å²) in [4.78, 5) is 24.1. The summed E-state index contributed by atoms with van der Waals surface area (Å²) >= 11 is 0. The van der Waals surface area contributed by atoms with Gasteiger partial charge in [-0.15, -0.1) is 0 Å². The number of nitrogens with one attached hydrogen (secondary N) is 1. The number of nitrogens with zero attached hydrogens (tertiary/aromatic N) is 1. The molecule has 1 heterocycles. The third-order valence-electron chi connectivity index (χ3n) is 3.42. The first-order chi connectivity index (χ1) is 8.35. The van der Waals surface area contributed by atoms with E-state index in [2.05, 4.69) is 5.32 Å². The molecule has 2 amide bonds. The predicted molar refractivity (Wildman–Crippen MR) is 66.5 cm³/mol. The van der Waals surface area contributed by atoms with Crippen molar-refractivity contribution in [1.29, 1.82) is 0 Å². The van der Waals surface area contributed by atoms with Gasteiger partial charge in [0.15, 0.2) is 0 Å². The summed E-state index contributed by atoms with van der Waals surface area (Å²) < 4.78 is 5.49. The molecule has 0 spiro atoms. The number of hydrogen-bond donors (Lipinski definition) is 2. The Morgan fingerprint density at radius 1 is 1.44 bits per heavy atom. The van der Waals surface area contributed by atoms with Gasteiger partial charge in [-0.1, -0.05) is 0 Å². The molecule has 0 bridgehead atoms. The molecule has 1 atom stereocenters. The van der Waals surface area contributed by atoms with Crippen molar-refractivity contribution in [3.8, 4) is 0 Å². The van der Waals surface area contributed by atoms with Crippen molar-refractivity contribution >= 4 is 12.0 Å². The zero-order valence-corrected chi connectivity index (χ0v) is 11.2. The number of likely N-dealkylation sites (N-methyl/N-ethyl adjacent to an activating group) is 1. The highest BCUT2D eigenvalue weighted by Gasteiger charge is 2.35. The maximum absolute atomic E-state index is 11.8. The van der Waals surface area contributed by atoms with Crippen LogP contribution >= 0.6 is 0 Å². The number of carbonyl (C=O) groups excluding carboxylic acids is 1. The topological polar surface area (TPSA) is 78.9 Å². The fourth-order valence-electron chi connectivity index (χ4n) is 1.69. The number of ether oxygens (including phenoxy) is 1. The molecule has 1 aliphatic heterocycles. The van der Waals surface area contributed by atoms with Crippen LogP contribution in [0.5, 0.6) is 0 Å². The molecule has 1 saturated heterocycles. The summed E-state index contributed by atoms with van der Waals surface area (Å²) in [6, 6.07) is -0.392. The second-order valence-electron chi connectivity index (χ2n) is 5.10. The van der Waals surface area contributed by atoms with Gasteiger partial charge < -0.3 is 20.1 Å². The number of amides is 2. The number of rotatable bonds is 4. The van der Waals surface area contributed by atoms with E-state index in [1.165, 1.54) is 25.8 Å². The fraction of sp³-hybridized carbons (Fsp3) is 0.833. The van der Waals surface area contributed by atoms with Gasteiger partial charge in [0.05, 0.1) is 6.10 Å². The van der Waals surface area contributed by atoms with Crippen LogP contribution in [0.15, 0.2) is 0 Å². The number of carboxylic acids is 1. The minimum atomic E-state index is -1.22. The first-order valence-corrected chi connectivity index (χ1v) is 6.22. The van der Waals surface area contributed by atoms with Gasteiger partial charge in [0.25, 0.3) is 0 Å². The smallest absolute Gasteiger partial charge is 0.329 e. The maximum atomic E-state index is 11.8. The van der Waals surface area contributed by atoms with E-state index in [0.717, 1.165) is 25.9 Å². The van der Waals surface area contributed by atoms with E-state index in [9.17, 15) is 9.59 Å². The molecule has 18 heavy (non-hydrogen) atoms. The van der Waals surface area contributed by atoms with Gasteiger partial charge in [0, 0.05) is 20.2 Å². The summed E-state index contributed by atoms with van der Waals surface area (Å²) in [6.45, 7) is 4.15. The Morgan fingerprint density at radius 3 is 2.61 bits per heavy atom. The van der Waals surface area contributed by atoms with Crippen molar-refractivity contribution in [2.24, 2.45) is 0 Å². The Hall–Kier alpha value is -1.30. The molecule has 1 aliphatic rings. The molecule has 6 heteroatoms. The molecule has 2 N–H and O–H groups in total. The Morgan fingerprint density at radius 2 is 2.11 bits per heavy atom. The monoisotopic (exact) mass is 258 g/mol. The van der Waals surface area contributed by atoms with E-state index in [0.29, 0.717) is 6.54 Å². The average Bonchev–Trinajstić information content (AvgIpc) is 2.36. The molecule has 6 nitrogen and oxygen atoms in total. The predicted octanol–water partition coefficient (Wildman–Crippen LogP) is 1.06. The molecule has 104 valence electrons. The van der Waals surface area contributed by atoms with E-state index in [-0.39, 0.29) is 6.10 Å². The first kappa shape index (κ1) is 14.8. The van der Waals surface area contributed by atoms with E-state index in [1.54, 1.807) is 0 Å². The summed E-state index contributed by atoms with van der Waals surface area (Å²) in [5.41, 5.74) is -1.22. The number of urea groups is 1. The number of carboxylic acid groups (broad SMARTS) is 1. The standard InChI is InChI=1S/C12H22N2O4/c1-12(2,10(15)16)14(3)11(17)13-8-9-6-4-5-7-18-9/h9H,4-8H2,1-3H3,(H,13,17)(H,15,16). The largest absolute Gasteiger partial charge is 0.480 e. The van der Waals surface area contributed by atoms with Crippen molar-refractivity contribution in [2.75, 3.05) is 20.2 Å². The molecular weight excluding hydrogens is 236 g/mol. The Labute approximate surface area is 107 Å². The number of aliphatic carboxylic acids is 1. The SMILES string of the molecule is CN(C(=O)NCC1CCCCO1)C(C)(C)C(=O)O. The molecule has 1 unspecified atom stereocenters. The zero-order valence-electron chi connectivity index (χ0n) is 11.2. The van der Waals surface area contributed by atoms with E-state index >= 15 is 0 Å². The minimum absolute atomic E-state index is 0.0454. The Bertz CT molecular complexity index is 311. The second kappa shape index (κ2) is 6.04. The van der Waals surface area contributed by atoms with Gasteiger partial charge in [-0.2, -0.15) is 0 Å². The molecule has 0 aromatic rings. The molecule has 1 rings (SSSR count). The highest BCUT2D eigenvalue weighted by Crippen LogP contribution is 2.14. The number of hydrogen-bond acceptors (Lipinski definition) is 3. The van der Waals surface area contributed by atoms with Crippen LogP contribution in [0.25, 0.3) is 0 Å². The normalized spacial score (nSPS) is 20.3. The summed E-state index contributed by atoms with van der Waals surface area (Å²) in [6.07, 6.45) is 3.16. The lowest BCUT2D eigenvalue weighted by molar-refractivity contribution is -0.146. The molecule has 0 aromatic heterocycles. The lowest BCUT2D eigenvalue weighted by Gasteiger charge is -2.32. The fourth-order valence-corrected chi connectivity index (χ4v) is 1.69. The lowest BCUT2D eigenvalue weighted by atomic mass is 10.0. The Balaban J connectivity index is 2.42. The van der Waals surface area contributed by atoms with Crippen LogP contribution in [0.2, 0.25) is 0 Å². The maximum Gasteiger partial charge on any atom is 0.329 e. The van der Waals surface area contributed by atoms with Crippen molar-refractivity contribution in [3.05, 3.63) is 0 Å². The van der Waals surface area contributed by atoms with Crippen molar-refractivity contribution in [2.45, 2.75) is 44.8 Å². The van der Waals surface area contributed by atoms with Gasteiger partial charge in [-0.25, -0.2) is 9.59 Å². The van der Waals surface area contributed by atoms with Crippen molar-refractivity contribution in [1.82, 2.24) is 10.2 Å². The first-order valence-electron chi connectivity index (χ1n) is 6.22. The van der Waals surface area contributed by atoms with E-state index in [1.807, 2.05) is 0 Å². The summed E-state index contributed by atoms with van der Waals surface area (Å²) in [5, 5.41) is 11.7. The van der Waals surface area contributed by atoms with Crippen LogP contribution in [-0.4, -0.2) is 53.8 Å². The molecule has 0 aliphatic carbocycles. The molecule has 0 radical (unpaired) electrons. The molecular formula is C12H22N2O4. The van der Waals surface area contributed by atoms with Crippen LogP contribution in [0.1, 0.15) is 33.1 Å². The van der Waals surface area contributed by atoms with Crippen LogP contribution in [0.4, 0.5) is 4.79 Å². The van der Waals surface area contributed by atoms with Crippen molar-refractivity contribution < 1.29 is 19.4 Å². The van der Waals surface area contributed by atoms with Crippen LogP contribution in [0.3, 0.4) is 0 Å². The van der Waals surface area contributed by atoms with Gasteiger partial charge in [-0.3, -0.25) is 0 Å². The van der Waals surface area contributed by atoms with Crippen LogP contribution in [0, 0.1) is 0 Å². The molecule has 0 aromatic carbocycles. The van der Waals surface area contributed by atoms with E-state index < -0.39 is 17.5 Å². The minimum Gasteiger partial charge on any atom is -0.480 e. The third-order valence-corrected chi connectivity index (χ3v) is 3.42. The van der Waals surface area contributed by atoms with Crippen molar-refractivity contribution in [3.63, 3.8) is 0 Å². The van der Waals surface area contributed by atoms with Gasteiger partial charge in [-0.05, 0) is 33.1 Å². The van der Waals surface area contributed by atoms with Crippen LogP contribution < -0.4 is 5.32 Å².